The third-order valence-electron chi connectivity index (χ3n) is 4.27. The van der Waals surface area contributed by atoms with Crippen molar-refractivity contribution in [1.29, 1.82) is 0 Å². The molecule has 146 valence electrons. The summed E-state index contributed by atoms with van der Waals surface area (Å²) in [6, 6.07) is 17.4. The van der Waals surface area contributed by atoms with Gasteiger partial charge in [0.2, 0.25) is 0 Å². The zero-order valence-electron chi connectivity index (χ0n) is 15.9. The molecule has 0 unspecified atom stereocenters. The second kappa shape index (κ2) is 10.1. The summed E-state index contributed by atoms with van der Waals surface area (Å²) in [5, 5.41) is 8.28. The van der Waals surface area contributed by atoms with Crippen LogP contribution < -0.4 is 5.32 Å². The minimum absolute atomic E-state index is 0.138. The van der Waals surface area contributed by atoms with Crippen LogP contribution in [0.2, 0.25) is 5.02 Å². The fourth-order valence-electron chi connectivity index (χ4n) is 2.88. The number of hydrogen-bond acceptors (Lipinski definition) is 3. The van der Waals surface area contributed by atoms with Crippen molar-refractivity contribution in [2.75, 3.05) is 19.8 Å². The Morgan fingerprint density at radius 1 is 1.14 bits per heavy atom. The third kappa shape index (κ3) is 5.44. The lowest BCUT2D eigenvalue weighted by atomic mass is 10.1. The second-order valence-electron chi connectivity index (χ2n) is 6.39. The van der Waals surface area contributed by atoms with Crippen molar-refractivity contribution in [1.82, 2.24) is 15.1 Å². The second-order valence-corrected chi connectivity index (χ2v) is 6.82. The maximum absolute atomic E-state index is 12.8. The highest BCUT2D eigenvalue weighted by Gasteiger charge is 2.18. The minimum atomic E-state index is -0.138. The van der Waals surface area contributed by atoms with Crippen LogP contribution in [0.5, 0.6) is 0 Å². The molecule has 1 N–H and O–H groups in total. The van der Waals surface area contributed by atoms with Gasteiger partial charge in [0, 0.05) is 36.5 Å². The van der Waals surface area contributed by atoms with E-state index in [9.17, 15) is 4.79 Å². The first-order valence-corrected chi connectivity index (χ1v) is 9.78. The Kier molecular flexibility index (Phi) is 7.23. The van der Waals surface area contributed by atoms with Crippen molar-refractivity contribution >= 4 is 17.5 Å². The molecule has 1 heterocycles. The van der Waals surface area contributed by atoms with Crippen LogP contribution >= 0.6 is 11.6 Å². The summed E-state index contributed by atoms with van der Waals surface area (Å²) in [4.78, 5) is 12.8. The van der Waals surface area contributed by atoms with Crippen LogP contribution in [-0.2, 0) is 11.3 Å². The maximum atomic E-state index is 12.8. The van der Waals surface area contributed by atoms with Crippen LogP contribution in [-0.4, -0.2) is 35.4 Å². The standard InChI is InChI=1S/C22H24ClN3O2/c1-2-28-14-6-13-24-22(27)20-16-26(15-17-7-4-3-5-8-17)25-21(20)18-9-11-19(23)12-10-18/h3-5,7-12,16H,2,6,13-15H2,1H3,(H,24,27). The van der Waals surface area contributed by atoms with E-state index < -0.39 is 0 Å². The number of hydrogen-bond donors (Lipinski definition) is 1. The van der Waals surface area contributed by atoms with Crippen LogP contribution in [0.3, 0.4) is 0 Å². The van der Waals surface area contributed by atoms with Gasteiger partial charge in [0.1, 0.15) is 5.69 Å². The van der Waals surface area contributed by atoms with Crippen molar-refractivity contribution < 1.29 is 9.53 Å². The summed E-state index contributed by atoms with van der Waals surface area (Å²) in [6.45, 7) is 4.43. The van der Waals surface area contributed by atoms with Gasteiger partial charge in [0.15, 0.2) is 0 Å². The summed E-state index contributed by atoms with van der Waals surface area (Å²) in [6.07, 6.45) is 2.57. The monoisotopic (exact) mass is 397 g/mol. The van der Waals surface area contributed by atoms with Crippen LogP contribution in [0.4, 0.5) is 0 Å². The molecule has 0 atom stereocenters. The number of halogens is 1. The molecule has 0 saturated heterocycles. The number of nitrogens with zero attached hydrogens (tertiary/aromatic N) is 2. The van der Waals surface area contributed by atoms with Crippen LogP contribution in [0.1, 0.15) is 29.3 Å². The van der Waals surface area contributed by atoms with Crippen molar-refractivity contribution in [2.45, 2.75) is 19.9 Å². The van der Waals surface area contributed by atoms with Crippen molar-refractivity contribution in [3.8, 4) is 11.3 Å². The largest absolute Gasteiger partial charge is 0.382 e. The molecule has 0 aliphatic rings. The molecule has 3 aromatic rings. The van der Waals surface area contributed by atoms with Crippen molar-refractivity contribution in [3.05, 3.63) is 76.9 Å². The topological polar surface area (TPSA) is 56.1 Å². The SMILES string of the molecule is CCOCCCNC(=O)c1cn(Cc2ccccc2)nc1-c1ccc(Cl)cc1. The van der Waals surface area contributed by atoms with Gasteiger partial charge in [-0.3, -0.25) is 9.48 Å². The van der Waals surface area contributed by atoms with E-state index in [1.54, 1.807) is 23.0 Å². The van der Waals surface area contributed by atoms with Gasteiger partial charge in [0.05, 0.1) is 12.1 Å². The third-order valence-corrected chi connectivity index (χ3v) is 4.52. The zero-order chi connectivity index (χ0) is 19.8. The lowest BCUT2D eigenvalue weighted by Gasteiger charge is -2.06. The molecular formula is C22H24ClN3O2. The number of benzene rings is 2. The fourth-order valence-corrected chi connectivity index (χ4v) is 3.00. The van der Waals surface area contributed by atoms with Gasteiger partial charge >= 0.3 is 0 Å². The van der Waals surface area contributed by atoms with Gasteiger partial charge in [0.25, 0.3) is 5.91 Å². The van der Waals surface area contributed by atoms with E-state index >= 15 is 0 Å². The van der Waals surface area contributed by atoms with Gasteiger partial charge in [-0.1, -0.05) is 54.1 Å². The van der Waals surface area contributed by atoms with E-state index in [1.165, 1.54) is 0 Å². The number of amides is 1. The first-order valence-electron chi connectivity index (χ1n) is 9.40. The van der Waals surface area contributed by atoms with E-state index in [1.807, 2.05) is 49.4 Å². The molecular weight excluding hydrogens is 374 g/mol. The summed E-state index contributed by atoms with van der Waals surface area (Å²) in [5.74, 6) is -0.138. The van der Waals surface area contributed by atoms with Crippen molar-refractivity contribution in [3.63, 3.8) is 0 Å². The predicted molar refractivity (Wildman–Crippen MR) is 112 cm³/mol. The first-order chi connectivity index (χ1) is 13.7. The number of carbonyl (C=O) groups is 1. The van der Waals surface area contributed by atoms with E-state index in [0.29, 0.717) is 42.6 Å². The van der Waals surface area contributed by atoms with Crippen LogP contribution in [0, 0.1) is 0 Å². The molecule has 3 rings (SSSR count). The predicted octanol–water partition coefficient (Wildman–Crippen LogP) is 4.41. The quantitative estimate of drug-likeness (QED) is 0.544. The first kappa shape index (κ1) is 20.1. The number of carbonyl (C=O) groups excluding carboxylic acids is 1. The van der Waals surface area contributed by atoms with E-state index in [-0.39, 0.29) is 5.91 Å². The highest BCUT2D eigenvalue weighted by atomic mass is 35.5. The molecule has 2 aromatic carbocycles. The fraction of sp³-hybridized carbons (Fsp3) is 0.273. The average molecular weight is 398 g/mol. The smallest absolute Gasteiger partial charge is 0.255 e. The van der Waals surface area contributed by atoms with E-state index in [2.05, 4.69) is 10.4 Å². The lowest BCUT2D eigenvalue weighted by molar-refractivity contribution is 0.0945. The molecule has 6 heteroatoms. The molecule has 5 nitrogen and oxygen atoms in total. The van der Waals surface area contributed by atoms with Gasteiger partial charge in [-0.2, -0.15) is 5.10 Å². The maximum Gasteiger partial charge on any atom is 0.255 e. The van der Waals surface area contributed by atoms with Crippen LogP contribution in [0.15, 0.2) is 60.8 Å². The normalized spacial score (nSPS) is 10.8. The number of aromatic nitrogens is 2. The Labute approximate surface area is 170 Å². The molecule has 0 fully saturated rings. The van der Waals surface area contributed by atoms with Gasteiger partial charge in [-0.15, -0.1) is 0 Å². The molecule has 28 heavy (non-hydrogen) atoms. The molecule has 0 aliphatic heterocycles. The summed E-state index contributed by atoms with van der Waals surface area (Å²) in [5.41, 5.74) is 3.18. The van der Waals surface area contributed by atoms with Gasteiger partial charge in [-0.25, -0.2) is 0 Å². The summed E-state index contributed by atoms with van der Waals surface area (Å²) in [7, 11) is 0. The highest BCUT2D eigenvalue weighted by Crippen LogP contribution is 2.24. The van der Waals surface area contributed by atoms with Gasteiger partial charge < -0.3 is 10.1 Å². The molecule has 0 saturated carbocycles. The van der Waals surface area contributed by atoms with Gasteiger partial charge in [-0.05, 0) is 31.0 Å². The molecule has 0 aliphatic carbocycles. The zero-order valence-corrected chi connectivity index (χ0v) is 16.7. The molecule has 0 spiro atoms. The summed E-state index contributed by atoms with van der Waals surface area (Å²) < 4.78 is 7.12. The van der Waals surface area contributed by atoms with E-state index in [0.717, 1.165) is 17.5 Å². The Morgan fingerprint density at radius 3 is 2.61 bits per heavy atom. The number of rotatable bonds is 9. The highest BCUT2D eigenvalue weighted by molar-refractivity contribution is 6.30. The molecule has 1 aromatic heterocycles. The number of nitrogens with one attached hydrogen (secondary N) is 1. The van der Waals surface area contributed by atoms with Crippen LogP contribution in [0.25, 0.3) is 11.3 Å². The number of ether oxygens (including phenoxy) is 1. The Morgan fingerprint density at radius 2 is 1.89 bits per heavy atom. The average Bonchev–Trinajstić information content (AvgIpc) is 3.13. The summed E-state index contributed by atoms with van der Waals surface area (Å²) >= 11 is 6.01. The van der Waals surface area contributed by atoms with E-state index in [4.69, 9.17) is 16.3 Å². The Balaban J connectivity index is 1.81. The molecule has 0 radical (unpaired) electrons. The Bertz CT molecular complexity index is 892. The Hall–Kier alpha value is -2.63. The molecule has 1 amide bonds. The minimum Gasteiger partial charge on any atom is -0.382 e. The molecule has 0 bridgehead atoms. The lowest BCUT2D eigenvalue weighted by Crippen LogP contribution is -2.25. The van der Waals surface area contributed by atoms with Crippen molar-refractivity contribution in [2.24, 2.45) is 0 Å².